The second kappa shape index (κ2) is 8.84. The minimum atomic E-state index is -0.359. The maximum Gasteiger partial charge on any atom is 0.271 e. The van der Waals surface area contributed by atoms with Crippen molar-refractivity contribution in [2.45, 2.75) is 13.8 Å². The van der Waals surface area contributed by atoms with Crippen molar-refractivity contribution in [3.05, 3.63) is 76.1 Å². The zero-order chi connectivity index (χ0) is 21.0. The molecule has 2 aromatic carbocycles. The molecular weight excluding hydrogens is 390 g/mol. The third-order valence-corrected chi connectivity index (χ3v) is 4.76. The predicted molar refractivity (Wildman–Crippen MR) is 115 cm³/mol. The molecule has 0 spiro atoms. The van der Waals surface area contributed by atoms with Gasteiger partial charge >= 0.3 is 0 Å². The van der Waals surface area contributed by atoms with Gasteiger partial charge in [-0.1, -0.05) is 17.7 Å². The van der Waals surface area contributed by atoms with Crippen LogP contribution in [0.15, 0.2) is 53.6 Å². The van der Waals surface area contributed by atoms with Gasteiger partial charge in [-0.05, 0) is 50.2 Å². The summed E-state index contributed by atoms with van der Waals surface area (Å²) in [6, 6.07) is 14.6. The molecule has 1 N–H and O–H groups in total. The van der Waals surface area contributed by atoms with Crippen LogP contribution in [-0.4, -0.2) is 30.9 Å². The summed E-state index contributed by atoms with van der Waals surface area (Å²) >= 11 is 6.12. The van der Waals surface area contributed by atoms with E-state index >= 15 is 0 Å². The van der Waals surface area contributed by atoms with E-state index in [4.69, 9.17) is 21.1 Å². The highest BCUT2D eigenvalue weighted by atomic mass is 35.5. The molecule has 0 saturated heterocycles. The van der Waals surface area contributed by atoms with E-state index in [9.17, 15) is 4.79 Å². The van der Waals surface area contributed by atoms with Crippen LogP contribution in [0.1, 0.15) is 27.3 Å². The van der Waals surface area contributed by atoms with Crippen LogP contribution in [0.4, 0.5) is 0 Å². The Bertz CT molecular complexity index is 1050. The number of halogens is 1. The van der Waals surface area contributed by atoms with Crippen LogP contribution < -0.4 is 14.9 Å². The van der Waals surface area contributed by atoms with Gasteiger partial charge in [0.1, 0.15) is 11.5 Å². The van der Waals surface area contributed by atoms with Crippen LogP contribution in [0, 0.1) is 13.8 Å². The van der Waals surface area contributed by atoms with Crippen molar-refractivity contribution in [3.8, 4) is 17.2 Å². The van der Waals surface area contributed by atoms with Gasteiger partial charge < -0.3 is 14.0 Å². The Morgan fingerprint density at radius 2 is 1.76 bits per heavy atom. The van der Waals surface area contributed by atoms with Crippen molar-refractivity contribution in [2.75, 3.05) is 14.2 Å². The minimum Gasteiger partial charge on any atom is -0.497 e. The Morgan fingerprint density at radius 1 is 1.07 bits per heavy atom. The first-order valence-electron chi connectivity index (χ1n) is 8.94. The van der Waals surface area contributed by atoms with E-state index in [2.05, 4.69) is 15.1 Å². The molecule has 29 heavy (non-hydrogen) atoms. The van der Waals surface area contributed by atoms with Crippen molar-refractivity contribution in [1.82, 2.24) is 9.99 Å². The van der Waals surface area contributed by atoms with Gasteiger partial charge in [0, 0.05) is 39.3 Å². The van der Waals surface area contributed by atoms with Gasteiger partial charge in [0.2, 0.25) is 0 Å². The summed E-state index contributed by atoms with van der Waals surface area (Å²) in [4.78, 5) is 12.4. The predicted octanol–water partition coefficient (Wildman–Crippen LogP) is 4.53. The number of ether oxygens (including phenoxy) is 2. The third-order valence-electron chi connectivity index (χ3n) is 4.52. The highest BCUT2D eigenvalue weighted by molar-refractivity contribution is 6.30. The van der Waals surface area contributed by atoms with E-state index in [1.165, 1.54) is 14.2 Å². The lowest BCUT2D eigenvalue weighted by Gasteiger charge is -2.09. The number of hydrogen-bond acceptors (Lipinski definition) is 4. The smallest absolute Gasteiger partial charge is 0.271 e. The topological polar surface area (TPSA) is 64.8 Å². The number of nitrogens with zero attached hydrogens (tertiary/aromatic N) is 2. The Kier molecular flexibility index (Phi) is 6.24. The molecule has 6 nitrogen and oxygen atoms in total. The summed E-state index contributed by atoms with van der Waals surface area (Å²) in [6.45, 7) is 4.00. The van der Waals surface area contributed by atoms with E-state index < -0.39 is 0 Å². The zero-order valence-electron chi connectivity index (χ0n) is 16.7. The maximum absolute atomic E-state index is 12.4. The van der Waals surface area contributed by atoms with Gasteiger partial charge in [-0.2, -0.15) is 5.10 Å². The van der Waals surface area contributed by atoms with Crippen LogP contribution >= 0.6 is 11.6 Å². The summed E-state index contributed by atoms with van der Waals surface area (Å²) in [5.74, 6) is 0.703. The first-order chi connectivity index (χ1) is 13.9. The third kappa shape index (κ3) is 4.60. The van der Waals surface area contributed by atoms with Gasteiger partial charge in [-0.3, -0.25) is 4.79 Å². The quantitative estimate of drug-likeness (QED) is 0.478. The van der Waals surface area contributed by atoms with Gasteiger partial charge in [0.15, 0.2) is 0 Å². The number of amides is 1. The van der Waals surface area contributed by atoms with E-state index in [0.717, 1.165) is 22.6 Å². The SMILES string of the molecule is COc1cc(OC)cc(C(=O)N/N=C\c2cc(C)n(-c3cccc(Cl)c3)c2C)c1. The minimum absolute atomic E-state index is 0.359. The largest absolute Gasteiger partial charge is 0.497 e. The van der Waals surface area contributed by atoms with Crippen molar-refractivity contribution < 1.29 is 14.3 Å². The van der Waals surface area contributed by atoms with Crippen molar-refractivity contribution in [3.63, 3.8) is 0 Å². The van der Waals surface area contributed by atoms with E-state index in [-0.39, 0.29) is 5.91 Å². The molecule has 0 aliphatic heterocycles. The number of nitrogens with one attached hydrogen (secondary N) is 1. The number of benzene rings is 2. The van der Waals surface area contributed by atoms with Crippen LogP contribution in [-0.2, 0) is 0 Å². The van der Waals surface area contributed by atoms with E-state index in [1.807, 2.05) is 44.2 Å². The molecule has 150 valence electrons. The molecule has 0 bridgehead atoms. The summed E-state index contributed by atoms with van der Waals surface area (Å²) in [5, 5.41) is 4.78. The van der Waals surface area contributed by atoms with Crippen LogP contribution in [0.25, 0.3) is 5.69 Å². The van der Waals surface area contributed by atoms with Gasteiger partial charge in [-0.25, -0.2) is 5.43 Å². The van der Waals surface area contributed by atoms with Crippen LogP contribution in [0.2, 0.25) is 5.02 Å². The molecular formula is C22H22ClN3O3. The first-order valence-corrected chi connectivity index (χ1v) is 9.32. The average molecular weight is 412 g/mol. The average Bonchev–Trinajstić information content (AvgIpc) is 3.00. The number of aromatic nitrogens is 1. The number of aryl methyl sites for hydroxylation is 1. The Balaban J connectivity index is 1.79. The number of hydrazone groups is 1. The normalized spacial score (nSPS) is 10.9. The monoisotopic (exact) mass is 411 g/mol. The van der Waals surface area contributed by atoms with E-state index in [0.29, 0.717) is 22.1 Å². The Morgan fingerprint density at radius 3 is 2.38 bits per heavy atom. The standard InChI is InChI=1S/C22H22ClN3O3/c1-14-8-17(15(2)26(14)19-7-5-6-18(23)11-19)13-24-25-22(27)16-9-20(28-3)12-21(10-16)29-4/h5-13H,1-4H3,(H,25,27)/b24-13-. The molecule has 0 aliphatic rings. The maximum atomic E-state index is 12.4. The van der Waals surface area contributed by atoms with Crippen LogP contribution in [0.3, 0.4) is 0 Å². The molecule has 0 aliphatic carbocycles. The second-order valence-corrected chi connectivity index (χ2v) is 6.88. The molecule has 0 saturated carbocycles. The fraction of sp³-hybridized carbons (Fsp3) is 0.182. The number of carbonyl (C=O) groups is 1. The number of methoxy groups -OCH3 is 2. The molecule has 7 heteroatoms. The van der Waals surface area contributed by atoms with Crippen LogP contribution in [0.5, 0.6) is 11.5 Å². The lowest BCUT2D eigenvalue weighted by Crippen LogP contribution is -2.17. The molecule has 0 atom stereocenters. The molecule has 0 radical (unpaired) electrons. The zero-order valence-corrected chi connectivity index (χ0v) is 17.4. The van der Waals surface area contributed by atoms with Gasteiger partial charge in [0.05, 0.1) is 20.4 Å². The first kappa shape index (κ1) is 20.5. The molecule has 1 aromatic heterocycles. The fourth-order valence-electron chi connectivity index (χ4n) is 3.09. The lowest BCUT2D eigenvalue weighted by atomic mass is 10.2. The second-order valence-electron chi connectivity index (χ2n) is 6.44. The Hall–Kier alpha value is -3.25. The van der Waals surface area contributed by atoms with E-state index in [1.54, 1.807) is 24.4 Å². The summed E-state index contributed by atoms with van der Waals surface area (Å²) < 4.78 is 12.5. The fourth-order valence-corrected chi connectivity index (χ4v) is 3.28. The Labute approximate surface area is 174 Å². The van der Waals surface area contributed by atoms with Crippen molar-refractivity contribution >= 4 is 23.7 Å². The van der Waals surface area contributed by atoms with Crippen molar-refractivity contribution in [2.24, 2.45) is 5.10 Å². The molecule has 3 rings (SSSR count). The number of hydrogen-bond donors (Lipinski definition) is 1. The number of carbonyl (C=O) groups excluding carboxylic acids is 1. The highest BCUT2D eigenvalue weighted by Crippen LogP contribution is 2.23. The summed E-state index contributed by atoms with van der Waals surface area (Å²) in [6.07, 6.45) is 1.62. The summed E-state index contributed by atoms with van der Waals surface area (Å²) in [7, 11) is 3.06. The summed E-state index contributed by atoms with van der Waals surface area (Å²) in [5.41, 5.74) is 6.83. The molecule has 0 unspecified atom stereocenters. The molecule has 3 aromatic rings. The molecule has 1 amide bonds. The van der Waals surface area contributed by atoms with Crippen molar-refractivity contribution in [1.29, 1.82) is 0 Å². The molecule has 1 heterocycles. The molecule has 0 fully saturated rings. The number of rotatable bonds is 6. The van der Waals surface area contributed by atoms with Gasteiger partial charge in [0.25, 0.3) is 5.91 Å². The lowest BCUT2D eigenvalue weighted by molar-refractivity contribution is 0.0954. The highest BCUT2D eigenvalue weighted by Gasteiger charge is 2.11. The van der Waals surface area contributed by atoms with Gasteiger partial charge in [-0.15, -0.1) is 0 Å².